The Kier molecular flexibility index (Phi) is 6.68. The van der Waals surface area contributed by atoms with Crippen molar-refractivity contribution in [3.8, 4) is 17.1 Å². The van der Waals surface area contributed by atoms with Gasteiger partial charge in [0.2, 0.25) is 11.0 Å². The molecule has 0 bridgehead atoms. The maximum Gasteiger partial charge on any atom is 0.452 e. The number of carboxylic acids is 1. The topological polar surface area (TPSA) is 128 Å². The number of hydrogen-bond acceptors (Lipinski definition) is 9. The lowest BCUT2D eigenvalue weighted by Crippen LogP contribution is -2.29. The van der Waals surface area contributed by atoms with Crippen LogP contribution >= 0.6 is 11.5 Å². The van der Waals surface area contributed by atoms with Crippen LogP contribution in [0.3, 0.4) is 0 Å². The van der Waals surface area contributed by atoms with Gasteiger partial charge in [0.25, 0.3) is 0 Å². The van der Waals surface area contributed by atoms with Gasteiger partial charge in [-0.25, -0.2) is 9.67 Å². The van der Waals surface area contributed by atoms with Crippen molar-refractivity contribution in [3.63, 3.8) is 0 Å². The fraction of sp³-hybridized carbons (Fsp3) is 0.500. The third-order valence-electron chi connectivity index (χ3n) is 5.58. The van der Waals surface area contributed by atoms with Crippen LogP contribution in [0.25, 0.3) is 11.4 Å². The average molecular weight is 498 g/mol. The summed E-state index contributed by atoms with van der Waals surface area (Å²) >= 11 is 0.617. The van der Waals surface area contributed by atoms with Crippen LogP contribution in [0.2, 0.25) is 0 Å². The molecule has 3 heterocycles. The van der Waals surface area contributed by atoms with E-state index in [1.165, 1.54) is 4.68 Å². The molecule has 0 radical (unpaired) electrons. The number of ether oxygens (including phenoxy) is 1. The lowest BCUT2D eigenvalue weighted by Gasteiger charge is -2.27. The fourth-order valence-corrected chi connectivity index (χ4v) is 4.39. The molecule has 2 atom stereocenters. The molecule has 0 saturated heterocycles. The molecule has 4 rings (SSSR count). The number of aliphatic carboxylic acids is 1. The van der Waals surface area contributed by atoms with Gasteiger partial charge < -0.3 is 15.2 Å². The monoisotopic (exact) mass is 497 g/mol. The molecule has 1 fully saturated rings. The summed E-state index contributed by atoms with van der Waals surface area (Å²) in [6, 6.07) is 3.48. The predicted molar refractivity (Wildman–Crippen MR) is 115 cm³/mol. The minimum Gasteiger partial charge on any atom is -0.489 e. The van der Waals surface area contributed by atoms with E-state index in [2.05, 4.69) is 30.0 Å². The molecule has 182 valence electrons. The van der Waals surface area contributed by atoms with E-state index in [0.717, 1.165) is 12.8 Å². The molecule has 0 aliphatic heterocycles. The predicted octanol–water partition coefficient (Wildman–Crippen LogP) is 3.69. The Balaban J connectivity index is 1.47. The van der Waals surface area contributed by atoms with Crippen molar-refractivity contribution in [1.82, 2.24) is 29.3 Å². The van der Waals surface area contributed by atoms with E-state index < -0.39 is 23.9 Å². The van der Waals surface area contributed by atoms with Gasteiger partial charge in [0.15, 0.2) is 0 Å². The summed E-state index contributed by atoms with van der Waals surface area (Å²) in [5.74, 6) is -1.83. The Labute approximate surface area is 196 Å². The van der Waals surface area contributed by atoms with E-state index in [4.69, 9.17) is 4.74 Å². The molecule has 10 nitrogen and oxygen atoms in total. The summed E-state index contributed by atoms with van der Waals surface area (Å²) < 4.78 is 49.0. The number of pyridine rings is 1. The second kappa shape index (κ2) is 9.52. The van der Waals surface area contributed by atoms with E-state index in [-0.39, 0.29) is 17.8 Å². The van der Waals surface area contributed by atoms with Gasteiger partial charge >= 0.3 is 12.1 Å². The lowest BCUT2D eigenvalue weighted by molar-refractivity contribution is -0.144. The number of nitrogens with one attached hydrogen (secondary N) is 1. The molecule has 0 aromatic carbocycles. The highest BCUT2D eigenvalue weighted by Crippen LogP contribution is 2.31. The number of hydrogen-bond donors (Lipinski definition) is 2. The average Bonchev–Trinajstić information content (AvgIpc) is 3.40. The first-order valence-electron chi connectivity index (χ1n) is 10.5. The van der Waals surface area contributed by atoms with E-state index in [1.54, 1.807) is 26.1 Å². The normalized spacial score (nSPS) is 18.6. The second-order valence-electron chi connectivity index (χ2n) is 8.00. The number of nitrogens with zero attached hydrogens (tertiary/aromatic N) is 6. The molecule has 1 aliphatic carbocycles. The van der Waals surface area contributed by atoms with Crippen molar-refractivity contribution in [3.05, 3.63) is 29.3 Å². The van der Waals surface area contributed by atoms with Crippen LogP contribution in [-0.2, 0) is 24.6 Å². The minimum atomic E-state index is -4.60. The van der Waals surface area contributed by atoms with Crippen LogP contribution in [-0.4, -0.2) is 46.5 Å². The molecule has 1 saturated carbocycles. The Bertz CT molecular complexity index is 1180. The fourth-order valence-electron chi connectivity index (χ4n) is 3.80. The standard InChI is InChI=1S/C20H22F3N7O3S/c1-10-15(33-12-5-3-4-11(8-12)17(31)32)7-6-13(25-10)16-14(30(2)29-27-16)9-24-19-26-18(28-34-19)20(21,22)23/h6-7,11-12H,3-5,8-9H2,1-2H3,(H,31,32)(H,24,26,28)/t11-,12-/m0/s1. The van der Waals surface area contributed by atoms with Crippen LogP contribution in [0.4, 0.5) is 18.3 Å². The number of anilines is 1. The number of rotatable bonds is 7. The first-order chi connectivity index (χ1) is 16.1. The highest BCUT2D eigenvalue weighted by molar-refractivity contribution is 7.09. The molecular weight excluding hydrogens is 475 g/mol. The summed E-state index contributed by atoms with van der Waals surface area (Å²) in [4.78, 5) is 19.3. The van der Waals surface area contributed by atoms with Crippen molar-refractivity contribution >= 4 is 22.6 Å². The van der Waals surface area contributed by atoms with Gasteiger partial charge in [-0.2, -0.15) is 22.5 Å². The molecule has 34 heavy (non-hydrogen) atoms. The van der Waals surface area contributed by atoms with Gasteiger partial charge in [-0.15, -0.1) is 5.10 Å². The maximum absolute atomic E-state index is 12.7. The van der Waals surface area contributed by atoms with Crippen molar-refractivity contribution < 1.29 is 27.8 Å². The Hall–Kier alpha value is -3.29. The number of alkyl halides is 3. The zero-order valence-corrected chi connectivity index (χ0v) is 19.2. The molecular formula is C20H22F3N7O3S. The van der Waals surface area contributed by atoms with E-state index in [0.29, 0.717) is 52.9 Å². The van der Waals surface area contributed by atoms with Gasteiger partial charge in [0.05, 0.1) is 35.6 Å². The first kappa shape index (κ1) is 23.9. The highest BCUT2D eigenvalue weighted by atomic mass is 32.1. The van der Waals surface area contributed by atoms with Crippen LogP contribution in [0.1, 0.15) is 42.9 Å². The Morgan fingerprint density at radius 2 is 2.12 bits per heavy atom. The van der Waals surface area contributed by atoms with Crippen LogP contribution < -0.4 is 10.1 Å². The first-order valence-corrected chi connectivity index (χ1v) is 11.3. The van der Waals surface area contributed by atoms with Gasteiger partial charge in [-0.05, 0) is 44.7 Å². The van der Waals surface area contributed by atoms with E-state index in [1.807, 2.05) is 0 Å². The third-order valence-corrected chi connectivity index (χ3v) is 6.25. The molecule has 0 spiro atoms. The lowest BCUT2D eigenvalue weighted by atomic mass is 9.87. The summed E-state index contributed by atoms with van der Waals surface area (Å²) in [6.07, 6.45) is -2.10. The number of aryl methyl sites for hydroxylation is 2. The third kappa shape index (κ3) is 5.26. The molecule has 0 amide bonds. The van der Waals surface area contributed by atoms with Crippen LogP contribution in [0.15, 0.2) is 12.1 Å². The SMILES string of the molecule is Cc1nc(-c2nnn(C)c2CNc2nc(C(F)(F)F)ns2)ccc1O[C@H]1CCC[C@H](C(=O)O)C1. The summed E-state index contributed by atoms with van der Waals surface area (Å²) in [6.45, 7) is 1.90. The Morgan fingerprint density at radius 1 is 1.32 bits per heavy atom. The second-order valence-corrected chi connectivity index (χ2v) is 8.76. The minimum absolute atomic E-state index is 0.0273. The summed E-state index contributed by atoms with van der Waals surface area (Å²) in [5, 5.41) is 20.3. The zero-order chi connectivity index (χ0) is 24.5. The Morgan fingerprint density at radius 3 is 2.79 bits per heavy atom. The van der Waals surface area contributed by atoms with Crippen LogP contribution in [0, 0.1) is 12.8 Å². The molecule has 2 N–H and O–H groups in total. The number of halogens is 3. The zero-order valence-electron chi connectivity index (χ0n) is 18.3. The van der Waals surface area contributed by atoms with E-state index >= 15 is 0 Å². The molecule has 0 unspecified atom stereocenters. The molecule has 3 aromatic heterocycles. The van der Waals surface area contributed by atoms with Gasteiger partial charge in [-0.3, -0.25) is 4.79 Å². The van der Waals surface area contributed by atoms with Crippen LogP contribution in [0.5, 0.6) is 5.75 Å². The van der Waals surface area contributed by atoms with E-state index in [9.17, 15) is 23.1 Å². The quantitative estimate of drug-likeness (QED) is 0.502. The van der Waals surface area contributed by atoms with Crippen molar-refractivity contribution in [2.24, 2.45) is 13.0 Å². The van der Waals surface area contributed by atoms with Crippen molar-refractivity contribution in [2.45, 2.75) is 51.4 Å². The summed E-state index contributed by atoms with van der Waals surface area (Å²) in [7, 11) is 1.67. The largest absolute Gasteiger partial charge is 0.489 e. The smallest absolute Gasteiger partial charge is 0.452 e. The van der Waals surface area contributed by atoms with Crippen molar-refractivity contribution in [2.75, 3.05) is 5.32 Å². The number of aromatic nitrogens is 6. The van der Waals surface area contributed by atoms with Gasteiger partial charge in [-0.1, -0.05) is 5.21 Å². The molecule has 1 aliphatic rings. The molecule has 3 aromatic rings. The summed E-state index contributed by atoms with van der Waals surface area (Å²) in [5.41, 5.74) is 2.20. The maximum atomic E-state index is 12.7. The molecule has 14 heteroatoms. The number of carboxylic acid groups (broad SMARTS) is 1. The highest BCUT2D eigenvalue weighted by Gasteiger charge is 2.36. The van der Waals surface area contributed by atoms with Gasteiger partial charge in [0, 0.05) is 18.6 Å². The van der Waals surface area contributed by atoms with Gasteiger partial charge in [0.1, 0.15) is 11.4 Å². The number of carbonyl (C=O) groups is 1. The van der Waals surface area contributed by atoms with Crippen molar-refractivity contribution in [1.29, 1.82) is 0 Å².